The van der Waals surface area contributed by atoms with Gasteiger partial charge in [-0.25, -0.2) is 8.42 Å². The molecule has 0 saturated heterocycles. The van der Waals surface area contributed by atoms with E-state index in [-0.39, 0.29) is 11.4 Å². The lowest BCUT2D eigenvalue weighted by Crippen LogP contribution is -2.15. The summed E-state index contributed by atoms with van der Waals surface area (Å²) in [6.45, 7) is 3.46. The molecule has 0 fully saturated rings. The fourth-order valence-corrected chi connectivity index (χ4v) is 2.06. The Morgan fingerprint density at radius 3 is 2.62 bits per heavy atom. The van der Waals surface area contributed by atoms with Gasteiger partial charge in [-0.3, -0.25) is 4.72 Å². The molecular weight excluding hydrogens is 228 g/mol. The molecule has 0 heterocycles. The maximum absolute atomic E-state index is 11.3. The van der Waals surface area contributed by atoms with E-state index >= 15 is 0 Å². The number of benzene rings is 1. The van der Waals surface area contributed by atoms with Gasteiger partial charge in [-0.05, 0) is 31.0 Å². The van der Waals surface area contributed by atoms with Crippen LogP contribution in [0.2, 0.25) is 0 Å². The van der Waals surface area contributed by atoms with Crippen molar-refractivity contribution in [3.8, 4) is 11.8 Å². The average molecular weight is 240 g/mol. The molecule has 2 N–H and O–H groups in total. The van der Waals surface area contributed by atoms with Crippen LogP contribution in [0.4, 0.5) is 5.69 Å². The molecule has 1 rings (SSSR count). The van der Waals surface area contributed by atoms with Crippen molar-refractivity contribution < 1.29 is 13.5 Å². The van der Waals surface area contributed by atoms with Crippen molar-refractivity contribution in [3.63, 3.8) is 0 Å². The fraction of sp³-hybridized carbons (Fsp3) is 0.300. The number of hydrogen-bond acceptors (Lipinski definition) is 4. The molecular formula is C10H12N2O3S. The maximum atomic E-state index is 11.3. The first kappa shape index (κ1) is 12.3. The Morgan fingerprint density at radius 1 is 1.44 bits per heavy atom. The number of rotatable bonds is 3. The highest BCUT2D eigenvalue weighted by Crippen LogP contribution is 2.29. The molecule has 0 atom stereocenters. The number of aromatic hydroxyl groups is 1. The van der Waals surface area contributed by atoms with Crippen LogP contribution in [0.15, 0.2) is 12.1 Å². The largest absolute Gasteiger partial charge is 0.505 e. The monoisotopic (exact) mass is 240 g/mol. The Hall–Kier alpha value is -1.74. The van der Waals surface area contributed by atoms with Gasteiger partial charge in [-0.1, -0.05) is 6.07 Å². The minimum Gasteiger partial charge on any atom is -0.505 e. The smallest absolute Gasteiger partial charge is 0.246 e. The predicted molar refractivity (Wildman–Crippen MR) is 60.6 cm³/mol. The highest BCUT2D eigenvalue weighted by Gasteiger charge is 2.13. The van der Waals surface area contributed by atoms with E-state index in [1.807, 2.05) is 0 Å². The minimum absolute atomic E-state index is 0.104. The molecule has 0 aromatic heterocycles. The molecule has 0 amide bonds. The first-order valence-corrected chi connectivity index (χ1v) is 6.18. The van der Waals surface area contributed by atoms with Gasteiger partial charge in [0.1, 0.15) is 5.75 Å². The number of nitrogens with one attached hydrogen (secondary N) is 1. The minimum atomic E-state index is -3.71. The summed E-state index contributed by atoms with van der Waals surface area (Å²) in [4.78, 5) is 0. The number of hydrogen-bond donors (Lipinski definition) is 2. The zero-order chi connectivity index (χ0) is 12.3. The molecule has 16 heavy (non-hydrogen) atoms. The van der Waals surface area contributed by atoms with Crippen molar-refractivity contribution in [1.82, 2.24) is 0 Å². The molecule has 86 valence electrons. The summed E-state index contributed by atoms with van der Waals surface area (Å²) in [6, 6.07) is 4.79. The lowest BCUT2D eigenvalue weighted by atomic mass is 10.1. The number of nitriles is 1. The van der Waals surface area contributed by atoms with Gasteiger partial charge in [-0.2, -0.15) is 5.26 Å². The molecule has 0 unspecified atom stereocenters. The Bertz CT molecular complexity index is 544. The van der Waals surface area contributed by atoms with E-state index in [9.17, 15) is 13.5 Å². The van der Waals surface area contributed by atoms with E-state index in [1.165, 1.54) is 6.07 Å². The number of phenolic OH excluding ortho intramolecular Hbond substituents is 1. The zero-order valence-electron chi connectivity index (χ0n) is 8.98. The normalized spacial score (nSPS) is 10.8. The van der Waals surface area contributed by atoms with Gasteiger partial charge in [0, 0.05) is 0 Å². The number of anilines is 1. The van der Waals surface area contributed by atoms with Crippen molar-refractivity contribution in [2.45, 2.75) is 13.8 Å². The molecule has 5 nitrogen and oxygen atoms in total. The molecule has 0 spiro atoms. The van der Waals surface area contributed by atoms with E-state index in [0.717, 1.165) is 5.56 Å². The molecule has 0 aliphatic heterocycles. The first-order chi connectivity index (χ1) is 7.35. The van der Waals surface area contributed by atoms with Gasteiger partial charge in [0.05, 0.1) is 11.8 Å². The van der Waals surface area contributed by atoms with Crippen LogP contribution >= 0.6 is 0 Å². The quantitative estimate of drug-likeness (QED) is 0.778. The van der Waals surface area contributed by atoms with Crippen molar-refractivity contribution in [2.24, 2.45) is 0 Å². The molecule has 0 aliphatic rings. The van der Waals surface area contributed by atoms with Crippen LogP contribution in [-0.4, -0.2) is 19.3 Å². The molecule has 1 aromatic rings. The molecule has 0 aliphatic carbocycles. The molecule has 6 heteroatoms. The Labute approximate surface area is 94.4 Å². The van der Waals surface area contributed by atoms with Gasteiger partial charge in [0.15, 0.2) is 5.75 Å². The summed E-state index contributed by atoms with van der Waals surface area (Å²) in [5.41, 5.74) is 1.51. The summed E-state index contributed by atoms with van der Waals surface area (Å²) >= 11 is 0. The third kappa shape index (κ3) is 2.87. The lowest BCUT2D eigenvalue weighted by Gasteiger charge is -2.10. The van der Waals surface area contributed by atoms with Crippen molar-refractivity contribution in [2.75, 3.05) is 10.5 Å². The SMILES string of the molecule is Cc1cc(C)c(O)c(NS(=O)(=O)CC#N)c1. The van der Waals surface area contributed by atoms with Crippen LogP contribution < -0.4 is 4.72 Å². The summed E-state index contributed by atoms with van der Waals surface area (Å²) in [5, 5.41) is 18.0. The second-order valence-electron chi connectivity index (χ2n) is 3.50. The summed E-state index contributed by atoms with van der Waals surface area (Å²) in [5.74, 6) is -0.758. The van der Waals surface area contributed by atoms with Gasteiger partial charge in [0.25, 0.3) is 0 Å². The van der Waals surface area contributed by atoms with E-state index < -0.39 is 15.8 Å². The summed E-state index contributed by atoms with van der Waals surface area (Å²) < 4.78 is 24.8. The van der Waals surface area contributed by atoms with E-state index in [2.05, 4.69) is 4.72 Å². The van der Waals surface area contributed by atoms with Gasteiger partial charge < -0.3 is 5.11 Å². The summed E-state index contributed by atoms with van der Waals surface area (Å²) in [7, 11) is -3.71. The zero-order valence-corrected chi connectivity index (χ0v) is 9.80. The third-order valence-electron chi connectivity index (χ3n) is 1.96. The Balaban J connectivity index is 3.13. The second-order valence-corrected chi connectivity index (χ2v) is 5.22. The van der Waals surface area contributed by atoms with E-state index in [0.29, 0.717) is 5.56 Å². The Morgan fingerprint density at radius 2 is 2.06 bits per heavy atom. The first-order valence-electron chi connectivity index (χ1n) is 4.53. The topological polar surface area (TPSA) is 90.2 Å². The average Bonchev–Trinajstić information content (AvgIpc) is 2.12. The predicted octanol–water partition coefficient (Wildman–Crippen LogP) is 1.27. The highest BCUT2D eigenvalue weighted by molar-refractivity contribution is 7.92. The van der Waals surface area contributed by atoms with E-state index in [1.54, 1.807) is 26.0 Å². The van der Waals surface area contributed by atoms with Gasteiger partial charge in [0.2, 0.25) is 10.0 Å². The van der Waals surface area contributed by atoms with Crippen molar-refractivity contribution in [3.05, 3.63) is 23.3 Å². The van der Waals surface area contributed by atoms with Gasteiger partial charge >= 0.3 is 0 Å². The van der Waals surface area contributed by atoms with Gasteiger partial charge in [-0.15, -0.1) is 0 Å². The second kappa shape index (κ2) is 4.41. The standard InChI is InChI=1S/C10H12N2O3S/c1-7-5-8(2)10(13)9(6-7)12-16(14,15)4-3-11/h5-6,12-13H,4H2,1-2H3. The van der Waals surface area contributed by atoms with E-state index in [4.69, 9.17) is 5.26 Å². The van der Waals surface area contributed by atoms with Crippen LogP contribution in [0.5, 0.6) is 5.75 Å². The number of aryl methyl sites for hydroxylation is 2. The molecule has 0 bridgehead atoms. The van der Waals surface area contributed by atoms with Crippen LogP contribution in [0.1, 0.15) is 11.1 Å². The third-order valence-corrected chi connectivity index (χ3v) is 3.00. The fourth-order valence-electron chi connectivity index (χ4n) is 1.33. The lowest BCUT2D eigenvalue weighted by molar-refractivity contribution is 0.473. The summed E-state index contributed by atoms with van der Waals surface area (Å²) in [6.07, 6.45) is 0. The number of nitrogens with zero attached hydrogens (tertiary/aromatic N) is 1. The highest BCUT2D eigenvalue weighted by atomic mass is 32.2. The van der Waals surface area contributed by atoms with Crippen molar-refractivity contribution in [1.29, 1.82) is 5.26 Å². The molecule has 0 radical (unpaired) electrons. The molecule has 0 saturated carbocycles. The maximum Gasteiger partial charge on any atom is 0.246 e. The van der Waals surface area contributed by atoms with Crippen LogP contribution in [0, 0.1) is 25.2 Å². The van der Waals surface area contributed by atoms with Crippen LogP contribution in [-0.2, 0) is 10.0 Å². The van der Waals surface area contributed by atoms with Crippen molar-refractivity contribution >= 4 is 15.7 Å². The van der Waals surface area contributed by atoms with Crippen LogP contribution in [0.3, 0.4) is 0 Å². The number of sulfonamides is 1. The number of phenols is 1. The van der Waals surface area contributed by atoms with Crippen LogP contribution in [0.25, 0.3) is 0 Å². The Kier molecular flexibility index (Phi) is 3.40. The molecule has 1 aromatic carbocycles.